The van der Waals surface area contributed by atoms with Crippen molar-refractivity contribution in [3.05, 3.63) is 12.2 Å². The van der Waals surface area contributed by atoms with E-state index >= 15 is 0 Å². The minimum atomic E-state index is -0.810. The van der Waals surface area contributed by atoms with Crippen molar-refractivity contribution >= 4 is 5.97 Å². The van der Waals surface area contributed by atoms with Crippen LogP contribution in [0.4, 0.5) is 0 Å². The van der Waals surface area contributed by atoms with Crippen LogP contribution < -0.4 is 0 Å². The predicted molar refractivity (Wildman–Crippen MR) is 64.2 cm³/mol. The molecule has 2 unspecified atom stereocenters. The predicted octanol–water partition coefficient (Wildman–Crippen LogP) is 3.62. The molecule has 0 aromatic rings. The standard InChI is InChI=1S/C14H22O2/c15-14(16)10-4-8-12-7-3-9-13(12)11-5-1-2-6-11/h4,10-13H,1-3,5-9H2,(H,15,16)/b10-4+. The zero-order chi connectivity index (χ0) is 11.4. The molecule has 2 heteroatoms. The highest BCUT2D eigenvalue weighted by molar-refractivity contribution is 5.79. The van der Waals surface area contributed by atoms with Gasteiger partial charge in [0.2, 0.25) is 0 Å². The van der Waals surface area contributed by atoms with Crippen LogP contribution in [-0.2, 0) is 4.79 Å². The van der Waals surface area contributed by atoms with Gasteiger partial charge in [-0.2, -0.15) is 0 Å². The fourth-order valence-corrected chi connectivity index (χ4v) is 3.71. The molecule has 2 saturated carbocycles. The summed E-state index contributed by atoms with van der Waals surface area (Å²) in [5.41, 5.74) is 0. The van der Waals surface area contributed by atoms with Gasteiger partial charge >= 0.3 is 5.97 Å². The zero-order valence-corrected chi connectivity index (χ0v) is 9.90. The summed E-state index contributed by atoms with van der Waals surface area (Å²) in [4.78, 5) is 10.4. The van der Waals surface area contributed by atoms with Gasteiger partial charge in [-0.05, 0) is 37.0 Å². The van der Waals surface area contributed by atoms with Crippen molar-refractivity contribution in [3.8, 4) is 0 Å². The monoisotopic (exact) mass is 222 g/mol. The van der Waals surface area contributed by atoms with Gasteiger partial charge in [0.05, 0.1) is 0 Å². The fourth-order valence-electron chi connectivity index (χ4n) is 3.71. The first-order valence-electron chi connectivity index (χ1n) is 6.67. The maximum absolute atomic E-state index is 10.4. The highest BCUT2D eigenvalue weighted by Gasteiger charge is 2.33. The molecular formula is C14H22O2. The first kappa shape index (κ1) is 11.7. The average Bonchev–Trinajstić information content (AvgIpc) is 2.84. The smallest absolute Gasteiger partial charge is 0.327 e. The second kappa shape index (κ2) is 5.51. The van der Waals surface area contributed by atoms with Crippen molar-refractivity contribution in [2.45, 2.75) is 51.4 Å². The third-order valence-corrected chi connectivity index (χ3v) is 4.42. The van der Waals surface area contributed by atoms with Crippen LogP contribution in [0.1, 0.15) is 51.4 Å². The van der Waals surface area contributed by atoms with Gasteiger partial charge in [0.15, 0.2) is 0 Å². The van der Waals surface area contributed by atoms with Gasteiger partial charge in [-0.3, -0.25) is 0 Å². The number of hydrogen-bond donors (Lipinski definition) is 1. The van der Waals surface area contributed by atoms with Crippen LogP contribution in [0, 0.1) is 17.8 Å². The molecule has 16 heavy (non-hydrogen) atoms. The van der Waals surface area contributed by atoms with Crippen molar-refractivity contribution < 1.29 is 9.90 Å². The number of rotatable bonds is 4. The lowest BCUT2D eigenvalue weighted by Crippen LogP contribution is -2.16. The minimum absolute atomic E-state index is 0.763. The molecule has 0 bridgehead atoms. The molecular weight excluding hydrogens is 200 g/mol. The summed E-state index contributed by atoms with van der Waals surface area (Å²) < 4.78 is 0. The van der Waals surface area contributed by atoms with Gasteiger partial charge in [-0.25, -0.2) is 4.79 Å². The van der Waals surface area contributed by atoms with E-state index in [-0.39, 0.29) is 0 Å². The number of carboxylic acids is 1. The molecule has 2 aliphatic carbocycles. The zero-order valence-electron chi connectivity index (χ0n) is 9.90. The second-order valence-corrected chi connectivity index (χ2v) is 5.38. The van der Waals surface area contributed by atoms with Gasteiger partial charge < -0.3 is 5.11 Å². The van der Waals surface area contributed by atoms with Gasteiger partial charge in [0.25, 0.3) is 0 Å². The van der Waals surface area contributed by atoms with Crippen molar-refractivity contribution in [2.24, 2.45) is 17.8 Å². The van der Waals surface area contributed by atoms with Gasteiger partial charge in [-0.15, -0.1) is 0 Å². The molecule has 2 nitrogen and oxygen atoms in total. The van der Waals surface area contributed by atoms with Crippen LogP contribution >= 0.6 is 0 Å². The normalized spacial score (nSPS) is 31.5. The van der Waals surface area contributed by atoms with E-state index < -0.39 is 5.97 Å². The van der Waals surface area contributed by atoms with Crippen LogP contribution in [0.2, 0.25) is 0 Å². The molecule has 0 aliphatic heterocycles. The lowest BCUT2D eigenvalue weighted by atomic mass is 9.81. The average molecular weight is 222 g/mol. The molecule has 0 aromatic heterocycles. The van der Waals surface area contributed by atoms with Crippen LogP contribution in [0.3, 0.4) is 0 Å². The first-order valence-corrected chi connectivity index (χ1v) is 6.67. The highest BCUT2D eigenvalue weighted by Crippen LogP contribution is 2.45. The van der Waals surface area contributed by atoms with Crippen LogP contribution in [0.5, 0.6) is 0 Å². The van der Waals surface area contributed by atoms with Crippen LogP contribution in [-0.4, -0.2) is 11.1 Å². The molecule has 0 saturated heterocycles. The fraction of sp³-hybridized carbons (Fsp3) is 0.786. The van der Waals surface area contributed by atoms with Gasteiger partial charge in [0.1, 0.15) is 0 Å². The number of allylic oxidation sites excluding steroid dienone is 1. The molecule has 2 atom stereocenters. The Bertz CT molecular complexity index is 264. The van der Waals surface area contributed by atoms with E-state index in [1.807, 2.05) is 6.08 Å². The maximum atomic E-state index is 10.4. The molecule has 0 amide bonds. The Hall–Kier alpha value is -0.790. The van der Waals surface area contributed by atoms with Crippen molar-refractivity contribution in [1.82, 2.24) is 0 Å². The summed E-state index contributed by atoms with van der Waals surface area (Å²) in [5.74, 6) is 1.79. The van der Waals surface area contributed by atoms with Crippen molar-refractivity contribution in [1.29, 1.82) is 0 Å². The number of carbonyl (C=O) groups is 1. The molecule has 1 N–H and O–H groups in total. The van der Waals surface area contributed by atoms with Crippen LogP contribution in [0.25, 0.3) is 0 Å². The van der Waals surface area contributed by atoms with E-state index in [1.54, 1.807) is 0 Å². The SMILES string of the molecule is O=C(O)/C=C/CC1CCCC1C1CCCC1. The highest BCUT2D eigenvalue weighted by atomic mass is 16.4. The Labute approximate surface area is 97.7 Å². The first-order chi connectivity index (χ1) is 7.77. The Balaban J connectivity index is 1.85. The molecule has 90 valence electrons. The molecule has 2 rings (SSSR count). The quantitative estimate of drug-likeness (QED) is 0.737. The topological polar surface area (TPSA) is 37.3 Å². The molecule has 2 aliphatic rings. The Morgan fingerprint density at radius 3 is 2.56 bits per heavy atom. The Morgan fingerprint density at radius 1 is 1.12 bits per heavy atom. The second-order valence-electron chi connectivity index (χ2n) is 5.38. The summed E-state index contributed by atoms with van der Waals surface area (Å²) >= 11 is 0. The Kier molecular flexibility index (Phi) is 4.03. The molecule has 0 heterocycles. The van der Waals surface area contributed by atoms with Crippen molar-refractivity contribution in [2.75, 3.05) is 0 Å². The number of carboxylic acid groups (broad SMARTS) is 1. The van der Waals surface area contributed by atoms with Gasteiger partial charge in [-0.1, -0.05) is 38.2 Å². The summed E-state index contributed by atoms with van der Waals surface area (Å²) in [7, 11) is 0. The van der Waals surface area contributed by atoms with E-state index in [0.29, 0.717) is 0 Å². The third-order valence-electron chi connectivity index (χ3n) is 4.42. The third kappa shape index (κ3) is 2.87. The Morgan fingerprint density at radius 2 is 1.88 bits per heavy atom. The maximum Gasteiger partial charge on any atom is 0.327 e. The largest absolute Gasteiger partial charge is 0.478 e. The number of aliphatic carboxylic acids is 1. The van der Waals surface area contributed by atoms with Gasteiger partial charge in [0, 0.05) is 6.08 Å². The number of hydrogen-bond acceptors (Lipinski definition) is 1. The van der Waals surface area contributed by atoms with E-state index in [1.165, 1.54) is 51.0 Å². The summed E-state index contributed by atoms with van der Waals surface area (Å²) in [6.45, 7) is 0. The summed E-state index contributed by atoms with van der Waals surface area (Å²) in [6, 6.07) is 0. The molecule has 0 aromatic carbocycles. The lowest BCUT2D eigenvalue weighted by Gasteiger charge is -2.24. The van der Waals surface area contributed by atoms with E-state index in [9.17, 15) is 4.79 Å². The van der Waals surface area contributed by atoms with E-state index in [4.69, 9.17) is 5.11 Å². The van der Waals surface area contributed by atoms with E-state index in [2.05, 4.69) is 0 Å². The van der Waals surface area contributed by atoms with E-state index in [0.717, 1.165) is 24.2 Å². The summed E-state index contributed by atoms with van der Waals surface area (Å²) in [5, 5.41) is 8.58. The van der Waals surface area contributed by atoms with Crippen LogP contribution in [0.15, 0.2) is 12.2 Å². The van der Waals surface area contributed by atoms with Crippen molar-refractivity contribution in [3.63, 3.8) is 0 Å². The molecule has 0 spiro atoms. The lowest BCUT2D eigenvalue weighted by molar-refractivity contribution is -0.131. The molecule has 2 fully saturated rings. The minimum Gasteiger partial charge on any atom is -0.478 e. The molecule has 0 radical (unpaired) electrons. The summed E-state index contributed by atoms with van der Waals surface area (Å²) in [6.07, 6.45) is 13.9.